The van der Waals surface area contributed by atoms with Gasteiger partial charge in [-0.05, 0) is 39.5 Å². The molecule has 1 saturated carbocycles. The molecule has 86 valence electrons. The fourth-order valence-electron chi connectivity index (χ4n) is 2.76. The van der Waals surface area contributed by atoms with Gasteiger partial charge in [0.15, 0.2) is 0 Å². The van der Waals surface area contributed by atoms with E-state index in [1.54, 1.807) is 6.92 Å². The quantitative estimate of drug-likeness (QED) is 0.698. The van der Waals surface area contributed by atoms with Gasteiger partial charge in [0.25, 0.3) is 0 Å². The zero-order valence-electron chi connectivity index (χ0n) is 9.95. The zero-order chi connectivity index (χ0) is 11.1. The van der Waals surface area contributed by atoms with E-state index in [1.807, 2.05) is 0 Å². The van der Waals surface area contributed by atoms with E-state index in [-0.39, 0.29) is 11.4 Å². The molecule has 3 heteroatoms. The molecule has 0 N–H and O–H groups in total. The van der Waals surface area contributed by atoms with E-state index in [0.29, 0.717) is 12.2 Å². The predicted molar refractivity (Wildman–Crippen MR) is 58.6 cm³/mol. The Kier molecular flexibility index (Phi) is 2.75. The van der Waals surface area contributed by atoms with Crippen LogP contribution in [0.3, 0.4) is 0 Å². The number of likely N-dealkylation sites (tertiary alicyclic amines) is 1. The molecule has 1 unspecified atom stereocenters. The van der Waals surface area contributed by atoms with Crippen molar-refractivity contribution in [2.75, 3.05) is 6.54 Å². The lowest BCUT2D eigenvalue weighted by Gasteiger charge is -2.40. The van der Waals surface area contributed by atoms with Gasteiger partial charge in [0.05, 0.1) is 12.2 Å². The van der Waals surface area contributed by atoms with Gasteiger partial charge in [-0.1, -0.05) is 0 Å². The molecule has 0 radical (unpaired) electrons. The second kappa shape index (κ2) is 3.78. The van der Waals surface area contributed by atoms with Crippen molar-refractivity contribution in [1.29, 1.82) is 0 Å². The van der Waals surface area contributed by atoms with Gasteiger partial charge in [-0.3, -0.25) is 4.79 Å². The zero-order valence-corrected chi connectivity index (χ0v) is 9.95. The van der Waals surface area contributed by atoms with Crippen LogP contribution in [0.2, 0.25) is 0 Å². The van der Waals surface area contributed by atoms with E-state index in [0.717, 1.165) is 19.4 Å². The monoisotopic (exact) mass is 211 g/mol. The summed E-state index contributed by atoms with van der Waals surface area (Å²) < 4.78 is 5.86. The summed E-state index contributed by atoms with van der Waals surface area (Å²) in [4.78, 5) is 13.5. The summed E-state index contributed by atoms with van der Waals surface area (Å²) >= 11 is 0. The number of amides is 1. The number of ether oxygens (including phenoxy) is 1. The van der Waals surface area contributed by atoms with E-state index < -0.39 is 0 Å². The molecule has 1 amide bonds. The van der Waals surface area contributed by atoms with Crippen LogP contribution in [0.5, 0.6) is 0 Å². The lowest BCUT2D eigenvalue weighted by molar-refractivity contribution is -0.137. The van der Waals surface area contributed by atoms with Gasteiger partial charge in [0, 0.05) is 19.0 Å². The van der Waals surface area contributed by atoms with Crippen molar-refractivity contribution in [1.82, 2.24) is 4.90 Å². The Balaban J connectivity index is 1.96. The van der Waals surface area contributed by atoms with Crippen molar-refractivity contribution in [2.24, 2.45) is 0 Å². The summed E-state index contributed by atoms with van der Waals surface area (Å²) in [6.45, 7) is 6.73. The minimum atomic E-state index is 0.184. The molecule has 1 saturated heterocycles. The summed E-state index contributed by atoms with van der Waals surface area (Å²) in [6, 6.07) is 0. The highest BCUT2D eigenvalue weighted by Gasteiger charge is 2.52. The molecule has 2 rings (SSSR count). The van der Waals surface area contributed by atoms with Crippen LogP contribution in [0.4, 0.5) is 0 Å². The Morgan fingerprint density at radius 1 is 1.47 bits per heavy atom. The van der Waals surface area contributed by atoms with Crippen LogP contribution in [-0.4, -0.2) is 35.1 Å². The number of carbonyl (C=O) groups excluding carboxylic acids is 1. The first-order chi connectivity index (χ1) is 7.03. The van der Waals surface area contributed by atoms with Gasteiger partial charge in [-0.15, -0.1) is 0 Å². The SMILES string of the molecule is CC(=O)N1CCC(OC(C)C)CC12CC2. The molecule has 15 heavy (non-hydrogen) atoms. The van der Waals surface area contributed by atoms with Crippen molar-refractivity contribution in [3.8, 4) is 0 Å². The molecule has 0 aromatic heterocycles. The van der Waals surface area contributed by atoms with Gasteiger partial charge >= 0.3 is 0 Å². The molecule has 3 nitrogen and oxygen atoms in total. The van der Waals surface area contributed by atoms with E-state index in [4.69, 9.17) is 4.74 Å². The second-order valence-electron chi connectivity index (χ2n) is 5.19. The Morgan fingerprint density at radius 2 is 2.13 bits per heavy atom. The van der Waals surface area contributed by atoms with Crippen LogP contribution in [0.25, 0.3) is 0 Å². The first-order valence-electron chi connectivity index (χ1n) is 5.97. The fraction of sp³-hybridized carbons (Fsp3) is 0.917. The average molecular weight is 211 g/mol. The van der Waals surface area contributed by atoms with Crippen LogP contribution < -0.4 is 0 Å². The van der Waals surface area contributed by atoms with Crippen molar-refractivity contribution in [3.63, 3.8) is 0 Å². The van der Waals surface area contributed by atoms with E-state index in [9.17, 15) is 4.79 Å². The van der Waals surface area contributed by atoms with Crippen molar-refractivity contribution in [2.45, 2.75) is 64.2 Å². The standard InChI is InChI=1S/C12H21NO2/c1-9(2)15-11-4-7-13(10(3)14)12(8-11)5-6-12/h9,11H,4-8H2,1-3H3. The Bertz CT molecular complexity index is 258. The first-order valence-corrected chi connectivity index (χ1v) is 5.97. The van der Waals surface area contributed by atoms with Gasteiger partial charge in [-0.2, -0.15) is 0 Å². The van der Waals surface area contributed by atoms with E-state index >= 15 is 0 Å². The molecule has 2 fully saturated rings. The third-order valence-electron chi connectivity index (χ3n) is 3.53. The van der Waals surface area contributed by atoms with Crippen LogP contribution in [0.15, 0.2) is 0 Å². The molecule has 2 aliphatic rings. The summed E-state index contributed by atoms with van der Waals surface area (Å²) in [5, 5.41) is 0. The maximum Gasteiger partial charge on any atom is 0.219 e. The van der Waals surface area contributed by atoms with E-state index in [2.05, 4.69) is 18.7 Å². The van der Waals surface area contributed by atoms with Gasteiger partial charge in [0.1, 0.15) is 0 Å². The first kappa shape index (κ1) is 10.9. The normalized spacial score (nSPS) is 28.5. The highest BCUT2D eigenvalue weighted by molar-refractivity contribution is 5.75. The molecular formula is C12H21NO2. The number of hydrogen-bond donors (Lipinski definition) is 0. The third-order valence-corrected chi connectivity index (χ3v) is 3.53. The van der Waals surface area contributed by atoms with Crippen molar-refractivity contribution < 1.29 is 9.53 Å². The Hall–Kier alpha value is -0.570. The summed E-state index contributed by atoms with van der Waals surface area (Å²) in [5.74, 6) is 0.232. The molecule has 0 aromatic carbocycles. The maximum absolute atomic E-state index is 11.5. The summed E-state index contributed by atoms with van der Waals surface area (Å²) in [6.07, 6.45) is 5.05. The summed E-state index contributed by atoms with van der Waals surface area (Å²) in [7, 11) is 0. The Morgan fingerprint density at radius 3 is 2.60 bits per heavy atom. The van der Waals surface area contributed by atoms with Gasteiger partial charge < -0.3 is 9.64 Å². The smallest absolute Gasteiger partial charge is 0.219 e. The maximum atomic E-state index is 11.5. The van der Waals surface area contributed by atoms with Gasteiger partial charge in [-0.25, -0.2) is 0 Å². The van der Waals surface area contributed by atoms with Crippen LogP contribution in [0.1, 0.15) is 46.5 Å². The number of piperidine rings is 1. The van der Waals surface area contributed by atoms with Crippen LogP contribution in [0, 0.1) is 0 Å². The second-order valence-corrected chi connectivity index (χ2v) is 5.19. The summed E-state index contributed by atoms with van der Waals surface area (Å²) in [5.41, 5.74) is 0.184. The predicted octanol–water partition coefficient (Wildman–Crippen LogP) is 1.95. The molecule has 1 aliphatic carbocycles. The van der Waals surface area contributed by atoms with Crippen LogP contribution in [-0.2, 0) is 9.53 Å². The highest BCUT2D eigenvalue weighted by Crippen LogP contribution is 2.49. The minimum Gasteiger partial charge on any atom is -0.375 e. The van der Waals surface area contributed by atoms with Crippen LogP contribution >= 0.6 is 0 Å². The van der Waals surface area contributed by atoms with Gasteiger partial charge in [0.2, 0.25) is 5.91 Å². The Labute approximate surface area is 91.8 Å². The topological polar surface area (TPSA) is 29.5 Å². The average Bonchev–Trinajstić information content (AvgIpc) is 2.83. The number of nitrogens with zero attached hydrogens (tertiary/aromatic N) is 1. The molecule has 1 atom stereocenters. The molecule has 0 aromatic rings. The fourth-order valence-corrected chi connectivity index (χ4v) is 2.76. The lowest BCUT2D eigenvalue weighted by Crippen LogP contribution is -2.49. The molecule has 1 spiro atoms. The number of rotatable bonds is 2. The molecular weight excluding hydrogens is 190 g/mol. The minimum absolute atomic E-state index is 0.184. The van der Waals surface area contributed by atoms with E-state index in [1.165, 1.54) is 12.8 Å². The third kappa shape index (κ3) is 2.17. The highest BCUT2D eigenvalue weighted by atomic mass is 16.5. The number of carbonyl (C=O) groups is 1. The molecule has 1 heterocycles. The van der Waals surface area contributed by atoms with Crippen molar-refractivity contribution >= 4 is 5.91 Å². The lowest BCUT2D eigenvalue weighted by atomic mass is 9.97. The number of hydrogen-bond acceptors (Lipinski definition) is 2. The molecule has 0 bridgehead atoms. The largest absolute Gasteiger partial charge is 0.375 e. The van der Waals surface area contributed by atoms with Crippen molar-refractivity contribution in [3.05, 3.63) is 0 Å². The molecule has 1 aliphatic heterocycles.